The van der Waals surface area contributed by atoms with E-state index in [1.54, 1.807) is 0 Å². The van der Waals surface area contributed by atoms with Crippen LogP contribution in [0, 0.1) is 0 Å². The maximum atomic E-state index is 13.2. The average molecular weight is 417 g/mol. The number of rotatable bonds is 6. The first-order valence-electron chi connectivity index (χ1n) is 11.5. The third-order valence-electron chi connectivity index (χ3n) is 6.27. The lowest BCUT2D eigenvalue weighted by molar-refractivity contribution is -0.133. The topological polar surface area (TPSA) is 78.9 Å². The Balaban J connectivity index is 1.53. The Morgan fingerprint density at radius 2 is 1.50 bits per heavy atom. The molecule has 1 aromatic rings. The lowest BCUT2D eigenvalue weighted by Crippen LogP contribution is -2.47. The molecule has 0 unspecified atom stereocenters. The first kappa shape index (κ1) is 22.8. The molecule has 6 heteroatoms. The van der Waals surface area contributed by atoms with Crippen LogP contribution in [0.5, 0.6) is 0 Å². The van der Waals surface area contributed by atoms with Crippen LogP contribution in [-0.2, 0) is 16.1 Å². The van der Waals surface area contributed by atoms with E-state index in [9.17, 15) is 14.7 Å². The van der Waals surface area contributed by atoms with E-state index in [0.717, 1.165) is 31.2 Å². The van der Waals surface area contributed by atoms with Gasteiger partial charge in [-0.2, -0.15) is 0 Å². The van der Waals surface area contributed by atoms with Crippen LogP contribution in [0.25, 0.3) is 0 Å². The Labute approximate surface area is 180 Å². The smallest absolute Gasteiger partial charge is 0.325 e. The minimum absolute atomic E-state index is 0.0266. The molecule has 6 nitrogen and oxygen atoms in total. The molecule has 0 radical (unpaired) electrons. The van der Waals surface area contributed by atoms with Crippen LogP contribution in [0.2, 0.25) is 0 Å². The Morgan fingerprint density at radius 1 is 0.933 bits per heavy atom. The molecule has 0 aromatic heterocycles. The fraction of sp³-hybridized carbons (Fsp3) is 0.667. The van der Waals surface area contributed by atoms with Crippen molar-refractivity contribution in [3.63, 3.8) is 0 Å². The van der Waals surface area contributed by atoms with Gasteiger partial charge in [0.2, 0.25) is 0 Å². The van der Waals surface area contributed by atoms with E-state index in [1.165, 1.54) is 37.0 Å². The summed E-state index contributed by atoms with van der Waals surface area (Å²) in [4.78, 5) is 27.0. The van der Waals surface area contributed by atoms with Crippen LogP contribution in [0.4, 0.5) is 4.79 Å². The summed E-state index contributed by atoms with van der Waals surface area (Å²) < 4.78 is 5.57. The maximum absolute atomic E-state index is 13.2. The molecule has 1 saturated carbocycles. The van der Waals surface area contributed by atoms with Crippen molar-refractivity contribution in [3.8, 4) is 0 Å². The van der Waals surface area contributed by atoms with Crippen molar-refractivity contribution in [1.29, 1.82) is 0 Å². The summed E-state index contributed by atoms with van der Waals surface area (Å²) in [5.74, 6) is -0.174. The molecule has 0 bridgehead atoms. The summed E-state index contributed by atoms with van der Waals surface area (Å²) in [6, 6.07) is 9.34. The molecule has 1 spiro atoms. The minimum Gasteiger partial charge on any atom is -0.389 e. The molecule has 3 rings (SSSR count). The predicted molar refractivity (Wildman–Crippen MR) is 116 cm³/mol. The number of nitrogens with one attached hydrogen (secondary N) is 1. The summed E-state index contributed by atoms with van der Waals surface area (Å²) in [6.45, 7) is 0.447. The monoisotopic (exact) mass is 416 g/mol. The predicted octanol–water partition coefficient (Wildman–Crippen LogP) is 4.16. The molecule has 2 N–H and O–H groups in total. The van der Waals surface area contributed by atoms with Gasteiger partial charge in [0.25, 0.3) is 5.91 Å². The first-order valence-corrected chi connectivity index (χ1v) is 11.5. The van der Waals surface area contributed by atoms with Gasteiger partial charge in [-0.05, 0) is 18.4 Å². The van der Waals surface area contributed by atoms with Crippen LogP contribution in [0.1, 0.15) is 76.2 Å². The van der Waals surface area contributed by atoms with Gasteiger partial charge in [-0.3, -0.25) is 9.69 Å². The molecular weight excluding hydrogens is 380 g/mol. The summed E-state index contributed by atoms with van der Waals surface area (Å²) in [7, 11) is 0. The number of benzene rings is 1. The molecular formula is C24H36N2O4. The summed E-state index contributed by atoms with van der Waals surface area (Å²) >= 11 is 0. The van der Waals surface area contributed by atoms with Crippen molar-refractivity contribution in [2.24, 2.45) is 0 Å². The van der Waals surface area contributed by atoms with Crippen LogP contribution in [0.15, 0.2) is 30.3 Å². The van der Waals surface area contributed by atoms with Crippen molar-refractivity contribution in [3.05, 3.63) is 35.9 Å². The van der Waals surface area contributed by atoms with E-state index in [4.69, 9.17) is 4.74 Å². The zero-order valence-corrected chi connectivity index (χ0v) is 18.0. The lowest BCUT2D eigenvalue weighted by Gasteiger charge is -2.27. The average Bonchev–Trinajstić information content (AvgIpc) is 2.96. The zero-order valence-electron chi connectivity index (χ0n) is 18.0. The normalized spacial score (nSPS) is 21.7. The quantitative estimate of drug-likeness (QED) is 0.683. The van der Waals surface area contributed by atoms with E-state index >= 15 is 0 Å². The maximum Gasteiger partial charge on any atom is 0.325 e. The molecule has 30 heavy (non-hydrogen) atoms. The van der Waals surface area contributed by atoms with Gasteiger partial charge in [0.05, 0.1) is 25.9 Å². The van der Waals surface area contributed by atoms with Gasteiger partial charge < -0.3 is 15.2 Å². The molecule has 1 heterocycles. The van der Waals surface area contributed by atoms with E-state index in [2.05, 4.69) is 5.32 Å². The van der Waals surface area contributed by atoms with Gasteiger partial charge in [-0.25, -0.2) is 4.79 Å². The number of imide groups is 1. The largest absolute Gasteiger partial charge is 0.389 e. The Bertz CT molecular complexity index is 667. The first-order chi connectivity index (χ1) is 14.6. The van der Waals surface area contributed by atoms with Crippen molar-refractivity contribution in [2.45, 2.75) is 88.9 Å². The number of carbonyl (C=O) groups excluding carboxylic acids is 2. The number of nitrogens with zero attached hydrogens (tertiary/aromatic N) is 1. The van der Waals surface area contributed by atoms with Crippen LogP contribution >= 0.6 is 0 Å². The van der Waals surface area contributed by atoms with E-state index in [1.807, 2.05) is 30.3 Å². The Hall–Kier alpha value is -1.92. The molecule has 1 aromatic carbocycles. The van der Waals surface area contributed by atoms with Crippen LogP contribution in [-0.4, -0.2) is 46.7 Å². The van der Waals surface area contributed by atoms with Gasteiger partial charge in [-0.1, -0.05) is 88.1 Å². The van der Waals surface area contributed by atoms with Crippen LogP contribution < -0.4 is 5.32 Å². The number of amides is 3. The zero-order chi connectivity index (χ0) is 21.2. The van der Waals surface area contributed by atoms with Gasteiger partial charge in [0.1, 0.15) is 5.54 Å². The summed E-state index contributed by atoms with van der Waals surface area (Å²) in [6.07, 6.45) is 10.8. The summed E-state index contributed by atoms with van der Waals surface area (Å²) in [5, 5.41) is 13.4. The fourth-order valence-corrected chi connectivity index (χ4v) is 4.55. The number of ether oxygens (including phenoxy) is 1. The molecule has 3 amide bonds. The van der Waals surface area contributed by atoms with Crippen molar-refractivity contribution in [2.75, 3.05) is 13.2 Å². The number of aliphatic hydroxyl groups is 1. The number of carbonyl (C=O) groups is 2. The Kier molecular flexibility index (Phi) is 8.70. The molecule has 1 aliphatic carbocycles. The van der Waals surface area contributed by atoms with Crippen molar-refractivity contribution < 1.29 is 19.4 Å². The van der Waals surface area contributed by atoms with Gasteiger partial charge in [0.15, 0.2) is 0 Å². The highest BCUT2D eigenvalue weighted by molar-refractivity contribution is 6.07. The molecule has 1 aliphatic heterocycles. The number of hydrogen-bond donors (Lipinski definition) is 2. The van der Waals surface area contributed by atoms with Gasteiger partial charge >= 0.3 is 6.03 Å². The Morgan fingerprint density at radius 3 is 2.10 bits per heavy atom. The van der Waals surface area contributed by atoms with Crippen LogP contribution in [0.3, 0.4) is 0 Å². The van der Waals surface area contributed by atoms with Crippen molar-refractivity contribution >= 4 is 11.9 Å². The number of β-amino-alcohol motifs (C(OH)–C–C–N with tert-alkyl or cyclic N) is 1. The third kappa shape index (κ3) is 6.29. The SMILES string of the molecule is O=C1NC2(CCCCCCCCCCC2)C(=O)N1C[C@H](O)COCc1ccccc1. The van der Waals surface area contributed by atoms with E-state index in [-0.39, 0.29) is 25.1 Å². The standard InChI is InChI=1S/C24H36N2O4/c27-21(19-30-18-20-13-9-8-10-14-20)17-26-22(28)24(25-23(26)29)15-11-6-4-2-1-3-5-7-12-16-24/h8-10,13-14,21,27H,1-7,11-12,15-19H2,(H,25,29)/t21-/m0/s1. The summed E-state index contributed by atoms with van der Waals surface area (Å²) in [5.41, 5.74) is 0.229. The van der Waals surface area contributed by atoms with E-state index < -0.39 is 11.6 Å². The van der Waals surface area contributed by atoms with Crippen molar-refractivity contribution in [1.82, 2.24) is 10.2 Å². The number of aliphatic hydroxyl groups excluding tert-OH is 1. The molecule has 1 atom stereocenters. The highest BCUT2D eigenvalue weighted by Crippen LogP contribution is 2.31. The minimum atomic E-state index is -0.898. The molecule has 2 fully saturated rings. The fourth-order valence-electron chi connectivity index (χ4n) is 4.55. The second-order valence-electron chi connectivity index (χ2n) is 8.76. The third-order valence-corrected chi connectivity index (χ3v) is 6.27. The second-order valence-corrected chi connectivity index (χ2v) is 8.76. The molecule has 166 valence electrons. The molecule has 1 saturated heterocycles. The highest BCUT2D eigenvalue weighted by atomic mass is 16.5. The van der Waals surface area contributed by atoms with E-state index in [0.29, 0.717) is 19.4 Å². The lowest BCUT2D eigenvalue weighted by atomic mass is 9.85. The number of hydrogen-bond acceptors (Lipinski definition) is 4. The molecule has 2 aliphatic rings. The second kappa shape index (κ2) is 11.5. The van der Waals surface area contributed by atoms with Gasteiger partial charge in [0, 0.05) is 0 Å². The van der Waals surface area contributed by atoms with Gasteiger partial charge in [-0.15, -0.1) is 0 Å². The number of urea groups is 1. The highest BCUT2D eigenvalue weighted by Gasteiger charge is 2.50.